The van der Waals surface area contributed by atoms with Crippen LogP contribution in [0.4, 0.5) is 5.69 Å². The molecule has 0 amide bonds. The number of ether oxygens (including phenoxy) is 1. The summed E-state index contributed by atoms with van der Waals surface area (Å²) >= 11 is 0. The van der Waals surface area contributed by atoms with Gasteiger partial charge in [-0.3, -0.25) is 10.1 Å². The Balaban J connectivity index is 1.66. The third-order valence-electron chi connectivity index (χ3n) is 3.44. The van der Waals surface area contributed by atoms with Crippen molar-refractivity contribution in [3.63, 3.8) is 0 Å². The molecule has 25 heavy (non-hydrogen) atoms. The van der Waals surface area contributed by atoms with Crippen molar-refractivity contribution in [1.82, 2.24) is 10.2 Å². The monoisotopic (exact) mass is 339 g/mol. The van der Waals surface area contributed by atoms with Crippen LogP contribution in [-0.4, -0.2) is 21.1 Å². The largest absolute Gasteiger partial charge is 0.452 e. The molecule has 0 spiro atoms. The number of nitro benzene ring substituents is 1. The fraction of sp³-hybridized carbons (Fsp3) is 0.118. The maximum atomic E-state index is 12.0. The van der Waals surface area contributed by atoms with Gasteiger partial charge < -0.3 is 9.15 Å². The van der Waals surface area contributed by atoms with E-state index in [2.05, 4.69) is 10.2 Å². The second-order valence-electron chi connectivity index (χ2n) is 5.20. The van der Waals surface area contributed by atoms with Crippen molar-refractivity contribution >= 4 is 11.7 Å². The molecule has 1 aromatic heterocycles. The van der Waals surface area contributed by atoms with Gasteiger partial charge >= 0.3 is 5.97 Å². The van der Waals surface area contributed by atoms with Gasteiger partial charge in [0, 0.05) is 17.2 Å². The van der Waals surface area contributed by atoms with Crippen molar-refractivity contribution in [3.05, 3.63) is 75.7 Å². The molecule has 0 aliphatic rings. The molecular formula is C17H13N3O5. The van der Waals surface area contributed by atoms with Gasteiger partial charge in [-0.2, -0.15) is 0 Å². The van der Waals surface area contributed by atoms with Crippen LogP contribution >= 0.6 is 0 Å². The van der Waals surface area contributed by atoms with Gasteiger partial charge in [0.15, 0.2) is 6.61 Å². The fourth-order valence-electron chi connectivity index (χ4n) is 2.21. The van der Waals surface area contributed by atoms with Gasteiger partial charge in [0.25, 0.3) is 11.6 Å². The third-order valence-corrected chi connectivity index (χ3v) is 3.44. The normalized spacial score (nSPS) is 10.4. The number of carbonyl (C=O) groups excluding carboxylic acids is 1. The molecule has 0 bridgehead atoms. The van der Waals surface area contributed by atoms with E-state index in [1.807, 2.05) is 30.3 Å². The average Bonchev–Trinajstić information content (AvgIpc) is 3.09. The number of nitrogens with zero attached hydrogens (tertiary/aromatic N) is 3. The smallest absolute Gasteiger partial charge is 0.338 e. The lowest BCUT2D eigenvalue weighted by Gasteiger charge is -2.03. The van der Waals surface area contributed by atoms with Crippen LogP contribution < -0.4 is 0 Å². The molecule has 3 rings (SSSR count). The zero-order chi connectivity index (χ0) is 17.8. The molecule has 0 N–H and O–H groups in total. The molecule has 126 valence electrons. The average molecular weight is 339 g/mol. The maximum absolute atomic E-state index is 12.0. The summed E-state index contributed by atoms with van der Waals surface area (Å²) < 4.78 is 10.6. The van der Waals surface area contributed by atoms with E-state index < -0.39 is 10.9 Å². The molecule has 0 fully saturated rings. The van der Waals surface area contributed by atoms with Crippen molar-refractivity contribution in [1.29, 1.82) is 0 Å². The highest BCUT2D eigenvalue weighted by atomic mass is 16.6. The molecule has 8 heteroatoms. The fourth-order valence-corrected chi connectivity index (χ4v) is 2.21. The molecule has 3 aromatic rings. The lowest BCUT2D eigenvalue weighted by atomic mass is 10.1. The Labute approximate surface area is 142 Å². The van der Waals surface area contributed by atoms with E-state index >= 15 is 0 Å². The van der Waals surface area contributed by atoms with Gasteiger partial charge in [-0.15, -0.1) is 10.2 Å². The molecule has 0 saturated heterocycles. The Morgan fingerprint density at radius 2 is 1.96 bits per heavy atom. The molecule has 0 aliphatic heterocycles. The van der Waals surface area contributed by atoms with Crippen molar-refractivity contribution in [2.75, 3.05) is 0 Å². The van der Waals surface area contributed by atoms with E-state index in [0.29, 0.717) is 11.5 Å². The zero-order valence-corrected chi connectivity index (χ0v) is 13.2. The summed E-state index contributed by atoms with van der Waals surface area (Å²) in [6, 6.07) is 13.2. The van der Waals surface area contributed by atoms with Gasteiger partial charge in [0.1, 0.15) is 0 Å². The van der Waals surface area contributed by atoms with Crippen molar-refractivity contribution in [2.24, 2.45) is 0 Å². The Morgan fingerprint density at radius 1 is 1.20 bits per heavy atom. The van der Waals surface area contributed by atoms with Crippen LogP contribution in [0.5, 0.6) is 0 Å². The summed E-state index contributed by atoms with van der Waals surface area (Å²) in [6.07, 6.45) is 0. The van der Waals surface area contributed by atoms with Gasteiger partial charge in [0.05, 0.1) is 10.5 Å². The first-order chi connectivity index (χ1) is 12.0. The quantitative estimate of drug-likeness (QED) is 0.398. The highest BCUT2D eigenvalue weighted by Gasteiger charge is 2.16. The summed E-state index contributed by atoms with van der Waals surface area (Å²) in [7, 11) is 0. The second-order valence-corrected chi connectivity index (χ2v) is 5.20. The highest BCUT2D eigenvalue weighted by molar-refractivity contribution is 5.90. The Kier molecular flexibility index (Phi) is 4.51. The molecule has 2 aromatic carbocycles. The lowest BCUT2D eigenvalue weighted by Crippen LogP contribution is -2.06. The second kappa shape index (κ2) is 6.91. The van der Waals surface area contributed by atoms with Crippen LogP contribution in [0.3, 0.4) is 0 Å². The minimum absolute atomic E-state index is 0.0547. The Bertz CT molecular complexity index is 921. The Morgan fingerprint density at radius 3 is 2.64 bits per heavy atom. The first-order valence-corrected chi connectivity index (χ1v) is 7.34. The number of hydrogen-bond acceptors (Lipinski definition) is 7. The summed E-state index contributed by atoms with van der Waals surface area (Å²) in [5.41, 5.74) is 1.30. The number of esters is 1. The molecule has 1 heterocycles. The molecule has 0 atom stereocenters. The first-order valence-electron chi connectivity index (χ1n) is 7.34. The van der Waals surface area contributed by atoms with Gasteiger partial charge in [-0.1, -0.05) is 18.2 Å². The zero-order valence-electron chi connectivity index (χ0n) is 13.2. The van der Waals surface area contributed by atoms with Gasteiger partial charge in [0.2, 0.25) is 5.89 Å². The van der Waals surface area contributed by atoms with Crippen LogP contribution in [-0.2, 0) is 11.3 Å². The molecule has 0 radical (unpaired) electrons. The molecular weight excluding hydrogens is 326 g/mol. The van der Waals surface area contributed by atoms with E-state index in [1.54, 1.807) is 6.92 Å². The van der Waals surface area contributed by atoms with E-state index in [-0.39, 0.29) is 23.7 Å². The van der Waals surface area contributed by atoms with Crippen LogP contribution in [0.15, 0.2) is 52.9 Å². The van der Waals surface area contributed by atoms with Gasteiger partial charge in [-0.05, 0) is 31.2 Å². The molecule has 0 unspecified atom stereocenters. The van der Waals surface area contributed by atoms with Gasteiger partial charge in [-0.25, -0.2) is 4.79 Å². The lowest BCUT2D eigenvalue weighted by molar-refractivity contribution is -0.385. The summed E-state index contributed by atoms with van der Waals surface area (Å²) in [5, 5.41) is 18.5. The first kappa shape index (κ1) is 16.3. The van der Waals surface area contributed by atoms with Crippen LogP contribution in [0, 0.1) is 17.0 Å². The van der Waals surface area contributed by atoms with Crippen molar-refractivity contribution < 1.29 is 18.9 Å². The van der Waals surface area contributed by atoms with E-state index in [9.17, 15) is 14.9 Å². The van der Waals surface area contributed by atoms with Crippen molar-refractivity contribution in [2.45, 2.75) is 13.5 Å². The minimum atomic E-state index is -0.627. The number of aromatic nitrogens is 2. The van der Waals surface area contributed by atoms with Crippen LogP contribution in [0.2, 0.25) is 0 Å². The SMILES string of the molecule is Cc1cc(C(=O)OCc2nnc(-c3ccccc3)o2)ccc1[N+](=O)[O-]. The summed E-state index contributed by atoms with van der Waals surface area (Å²) in [4.78, 5) is 22.3. The topological polar surface area (TPSA) is 108 Å². The molecule has 8 nitrogen and oxygen atoms in total. The third kappa shape index (κ3) is 3.69. The number of rotatable bonds is 5. The summed E-state index contributed by atoms with van der Waals surface area (Å²) in [5.74, 6) is -0.138. The van der Waals surface area contributed by atoms with E-state index in [0.717, 1.165) is 5.56 Å². The number of benzene rings is 2. The van der Waals surface area contributed by atoms with E-state index in [4.69, 9.17) is 9.15 Å². The van der Waals surface area contributed by atoms with Crippen molar-refractivity contribution in [3.8, 4) is 11.5 Å². The number of aryl methyl sites for hydroxylation is 1. The van der Waals surface area contributed by atoms with Crippen LogP contribution in [0.25, 0.3) is 11.5 Å². The maximum Gasteiger partial charge on any atom is 0.338 e. The molecule has 0 aliphatic carbocycles. The predicted octanol–water partition coefficient (Wildman–Crippen LogP) is 3.31. The number of carbonyl (C=O) groups is 1. The predicted molar refractivity (Wildman–Crippen MR) is 86.7 cm³/mol. The van der Waals surface area contributed by atoms with E-state index in [1.165, 1.54) is 18.2 Å². The number of hydrogen-bond donors (Lipinski definition) is 0. The number of nitro groups is 1. The highest BCUT2D eigenvalue weighted by Crippen LogP contribution is 2.20. The standard InChI is InChI=1S/C17H13N3O5/c1-11-9-13(7-8-14(11)20(22)23)17(21)24-10-15-18-19-16(25-15)12-5-3-2-4-6-12/h2-9H,10H2,1H3. The molecule has 0 saturated carbocycles. The van der Waals surface area contributed by atoms with Crippen LogP contribution in [0.1, 0.15) is 21.8 Å². The summed E-state index contributed by atoms with van der Waals surface area (Å²) in [6.45, 7) is 1.37. The minimum Gasteiger partial charge on any atom is -0.452 e. The Hall–Kier alpha value is -3.55.